The first-order chi connectivity index (χ1) is 2.00. The van der Waals surface area contributed by atoms with Gasteiger partial charge in [0.15, 0.2) is 0 Å². The summed E-state index contributed by atoms with van der Waals surface area (Å²) in [5.41, 5.74) is 0. The van der Waals surface area contributed by atoms with Gasteiger partial charge in [0.05, 0.1) is 0 Å². The van der Waals surface area contributed by atoms with Gasteiger partial charge in [0.25, 0.3) is 0 Å². The molecule has 0 aromatic heterocycles. The average Bonchev–Trinajstić information content (AvgIpc) is 0.722. The molecule has 4 nitrogen and oxygen atoms in total. The van der Waals surface area contributed by atoms with E-state index in [1.807, 2.05) is 0 Å². The maximum atomic E-state index is 7.33. The molecule has 0 aromatic rings. The zero-order valence-electron chi connectivity index (χ0n) is 2.87. The third-order valence-corrected chi connectivity index (χ3v) is 0. The standard InChI is InChI=1S/Ga.La.H4O4Si.3H/c;;1-5(2,3)4;;;/h;;1-4H;;;. The second-order valence-corrected chi connectivity index (χ2v) is 1.80. The van der Waals surface area contributed by atoms with Gasteiger partial charge in [0, 0.05) is 35.6 Å². The average molecular weight is 308 g/mol. The zero-order valence-corrected chi connectivity index (χ0v) is 7.49. The summed E-state index contributed by atoms with van der Waals surface area (Å²) in [6.07, 6.45) is 0. The molecule has 0 saturated carbocycles. The molecule has 7 heavy (non-hydrogen) atoms. The van der Waals surface area contributed by atoms with Crippen molar-refractivity contribution in [3.63, 3.8) is 0 Å². The van der Waals surface area contributed by atoms with Crippen molar-refractivity contribution < 1.29 is 54.8 Å². The van der Waals surface area contributed by atoms with Crippen LogP contribution in [0.25, 0.3) is 0 Å². The fourth-order valence-corrected chi connectivity index (χ4v) is 0. The van der Waals surface area contributed by atoms with Crippen LogP contribution in [0.1, 0.15) is 0 Å². The fourth-order valence-electron chi connectivity index (χ4n) is 0. The van der Waals surface area contributed by atoms with Crippen LogP contribution < -0.4 is 0 Å². The Kier molecular flexibility index (Phi) is 13.7. The Morgan fingerprint density at radius 2 is 0.857 bits per heavy atom. The van der Waals surface area contributed by atoms with Crippen LogP contribution in [0.15, 0.2) is 0 Å². The van der Waals surface area contributed by atoms with Gasteiger partial charge in [-0.1, -0.05) is 0 Å². The number of hydrogen-bond donors (Lipinski definition) is 4. The van der Waals surface area contributed by atoms with Crippen LogP contribution in [0.4, 0.5) is 0 Å². The minimum absolute atomic E-state index is 0. The van der Waals surface area contributed by atoms with Crippen LogP contribution in [0.5, 0.6) is 0 Å². The van der Waals surface area contributed by atoms with Crippen LogP contribution >= 0.6 is 0 Å². The van der Waals surface area contributed by atoms with Crippen molar-refractivity contribution in [1.82, 2.24) is 0 Å². The first-order valence-corrected chi connectivity index (χ1v) is 2.68. The van der Waals surface area contributed by atoms with E-state index in [-0.39, 0.29) is 55.4 Å². The van der Waals surface area contributed by atoms with Crippen molar-refractivity contribution in [2.75, 3.05) is 0 Å². The molecule has 0 bridgehead atoms. The minimum Gasteiger partial charge on any atom is 0 e. The monoisotopic (exact) mass is 307 g/mol. The molecule has 7 heteroatoms. The summed E-state index contributed by atoms with van der Waals surface area (Å²) in [5.74, 6) is 0. The number of hydrogen-bond acceptors (Lipinski definition) is 4. The summed E-state index contributed by atoms with van der Waals surface area (Å²) in [6.45, 7) is 0. The molecule has 0 saturated heterocycles. The molecule has 0 aromatic carbocycles. The van der Waals surface area contributed by atoms with Crippen LogP contribution in [0.3, 0.4) is 0 Å². The number of rotatable bonds is 0. The van der Waals surface area contributed by atoms with Crippen LogP contribution in [0.2, 0.25) is 0 Å². The molecule has 0 heterocycles. The second kappa shape index (κ2) is 6.01. The van der Waals surface area contributed by atoms with Crippen molar-refractivity contribution in [3.05, 3.63) is 0 Å². The van der Waals surface area contributed by atoms with Crippen molar-refractivity contribution in [1.29, 1.82) is 0 Å². The normalized spacial score (nSPS) is 8.57. The second-order valence-electron chi connectivity index (χ2n) is 0.600. The quantitative estimate of drug-likeness (QED) is 0.346. The molecule has 0 aliphatic rings. The van der Waals surface area contributed by atoms with Crippen molar-refractivity contribution in [3.8, 4) is 0 Å². The molecule has 0 amide bonds. The molecule has 0 spiro atoms. The Labute approximate surface area is 82.7 Å². The first kappa shape index (κ1) is 16.0. The van der Waals surface area contributed by atoms with Gasteiger partial charge in [-0.15, -0.1) is 0 Å². The van der Waals surface area contributed by atoms with E-state index in [4.69, 9.17) is 19.2 Å². The maximum absolute atomic E-state index is 7.33. The van der Waals surface area contributed by atoms with E-state index >= 15 is 0 Å². The Bertz CT molecular complexity index is 27.2. The van der Waals surface area contributed by atoms with E-state index in [2.05, 4.69) is 0 Å². The van der Waals surface area contributed by atoms with E-state index < -0.39 is 9.05 Å². The molecule has 0 unspecified atom stereocenters. The van der Waals surface area contributed by atoms with E-state index in [0.717, 1.165) is 0 Å². The van der Waals surface area contributed by atoms with Crippen LogP contribution in [-0.4, -0.2) is 48.0 Å². The van der Waals surface area contributed by atoms with Crippen molar-refractivity contribution in [2.45, 2.75) is 0 Å². The van der Waals surface area contributed by atoms with E-state index in [9.17, 15) is 0 Å². The van der Waals surface area contributed by atoms with Gasteiger partial charge < -0.3 is 19.2 Å². The first-order valence-electron chi connectivity index (χ1n) is 0.894. The van der Waals surface area contributed by atoms with E-state index in [1.165, 1.54) is 0 Å². The van der Waals surface area contributed by atoms with Crippen LogP contribution in [-0.2, 0) is 0 Å². The summed E-state index contributed by atoms with van der Waals surface area (Å²) in [6, 6.07) is 0. The Morgan fingerprint density at radius 3 is 0.857 bits per heavy atom. The zero-order chi connectivity index (χ0) is 4.50. The van der Waals surface area contributed by atoms with Gasteiger partial charge in [-0.2, -0.15) is 0 Å². The molecular formula is H7GaLaO4Si. The Hall–Kier alpha value is 1.89. The van der Waals surface area contributed by atoms with Gasteiger partial charge in [0.2, 0.25) is 0 Å². The van der Waals surface area contributed by atoms with Gasteiger partial charge in [-0.05, 0) is 0 Å². The van der Waals surface area contributed by atoms with Gasteiger partial charge in [0.1, 0.15) is 0 Å². The molecule has 1 radical (unpaired) electrons. The minimum atomic E-state index is -4.61. The molecule has 0 aliphatic heterocycles. The van der Waals surface area contributed by atoms with Gasteiger partial charge in [-0.3, -0.25) is 0 Å². The summed E-state index contributed by atoms with van der Waals surface area (Å²) < 4.78 is 0. The molecule has 0 fully saturated rings. The topological polar surface area (TPSA) is 80.9 Å². The summed E-state index contributed by atoms with van der Waals surface area (Å²) >= 11 is 0. The van der Waals surface area contributed by atoms with Crippen molar-refractivity contribution >= 4 is 28.8 Å². The largest absolute Gasteiger partial charge is 0 e. The molecule has 0 aliphatic carbocycles. The summed E-state index contributed by atoms with van der Waals surface area (Å²) in [5, 5.41) is 0. The molecular weight excluding hydrogens is 301 g/mol. The predicted molar refractivity (Wildman–Crippen MR) is 24.6 cm³/mol. The molecule has 0 rings (SSSR count). The smallest absolute Gasteiger partial charge is 0 e. The predicted octanol–water partition coefficient (Wildman–Crippen LogP) is -3.79. The van der Waals surface area contributed by atoms with Crippen molar-refractivity contribution in [2.24, 2.45) is 0 Å². The van der Waals surface area contributed by atoms with E-state index in [0.29, 0.717) is 0 Å². The Morgan fingerprint density at radius 1 is 0.857 bits per heavy atom. The summed E-state index contributed by atoms with van der Waals surface area (Å²) in [7, 11) is -4.61. The van der Waals surface area contributed by atoms with Gasteiger partial charge >= 0.3 is 28.8 Å². The van der Waals surface area contributed by atoms with Crippen LogP contribution in [0, 0.1) is 35.6 Å². The third-order valence-electron chi connectivity index (χ3n) is 0. The molecule has 4 N–H and O–H groups in total. The van der Waals surface area contributed by atoms with E-state index in [1.54, 1.807) is 0 Å². The Balaban J connectivity index is -0.0000000800. The SMILES string of the molecule is O[Si](O)(O)O.[GaH3].[La]. The summed E-state index contributed by atoms with van der Waals surface area (Å²) in [4.78, 5) is 29.3. The fraction of sp³-hybridized carbons (Fsp3) is 0. The molecule has 0 atom stereocenters. The van der Waals surface area contributed by atoms with Gasteiger partial charge in [-0.25, -0.2) is 0 Å². The molecule has 41 valence electrons. The maximum Gasteiger partial charge on any atom is 0 e. The third kappa shape index (κ3) is 76.7.